The van der Waals surface area contributed by atoms with Crippen LogP contribution in [0.3, 0.4) is 0 Å². The highest BCUT2D eigenvalue weighted by molar-refractivity contribution is 5.52. The second-order valence-electron chi connectivity index (χ2n) is 2.67. The molecule has 0 bridgehead atoms. The highest BCUT2D eigenvalue weighted by Crippen LogP contribution is 2.15. The van der Waals surface area contributed by atoms with E-state index in [-0.39, 0.29) is 12.3 Å². The molecule has 1 heterocycles. The zero-order valence-electron chi connectivity index (χ0n) is 7.75. The first-order valence-corrected chi connectivity index (χ1v) is 4.08. The number of rotatable bonds is 3. The number of hydrogen-bond acceptors (Lipinski definition) is 3. The van der Waals surface area contributed by atoms with Crippen LogP contribution < -0.4 is 0 Å². The first-order valence-electron chi connectivity index (χ1n) is 4.08. The van der Waals surface area contributed by atoms with Gasteiger partial charge in [0.05, 0.1) is 0 Å². The van der Waals surface area contributed by atoms with Gasteiger partial charge in [0.15, 0.2) is 0 Å². The minimum Gasteiger partial charge on any atom is -0.506 e. The highest BCUT2D eigenvalue weighted by atomic mass is 16.3. The standard InChI is InChI=1S/C9H10N4O/c1-7-4-5-9(14)8(12-7)3-2-6-11-13-10/h2-5,14H,6H2,1H3. The van der Waals surface area contributed by atoms with E-state index in [4.69, 9.17) is 5.53 Å². The van der Waals surface area contributed by atoms with Crippen molar-refractivity contribution in [1.29, 1.82) is 0 Å². The molecule has 0 atom stereocenters. The quantitative estimate of drug-likeness (QED) is 0.451. The van der Waals surface area contributed by atoms with Crippen molar-refractivity contribution in [1.82, 2.24) is 4.98 Å². The Labute approximate surface area is 81.3 Å². The van der Waals surface area contributed by atoms with Crippen molar-refractivity contribution < 1.29 is 5.11 Å². The third-order valence-corrected chi connectivity index (χ3v) is 1.57. The Kier molecular flexibility index (Phi) is 3.52. The number of hydrogen-bond donors (Lipinski definition) is 1. The molecule has 0 radical (unpaired) electrons. The topological polar surface area (TPSA) is 81.9 Å². The zero-order valence-corrected chi connectivity index (χ0v) is 7.75. The predicted molar refractivity (Wildman–Crippen MR) is 53.7 cm³/mol. The maximum atomic E-state index is 9.37. The lowest BCUT2D eigenvalue weighted by Crippen LogP contribution is -1.85. The van der Waals surface area contributed by atoms with E-state index in [1.807, 2.05) is 6.92 Å². The van der Waals surface area contributed by atoms with Gasteiger partial charge in [-0.2, -0.15) is 0 Å². The van der Waals surface area contributed by atoms with Crippen LogP contribution in [-0.2, 0) is 0 Å². The molecule has 5 heteroatoms. The molecule has 0 amide bonds. The molecule has 0 fully saturated rings. The summed E-state index contributed by atoms with van der Waals surface area (Å²) >= 11 is 0. The molecule has 0 aliphatic heterocycles. The van der Waals surface area contributed by atoms with Gasteiger partial charge in [0, 0.05) is 17.2 Å². The number of pyridine rings is 1. The lowest BCUT2D eigenvalue weighted by molar-refractivity contribution is 0.471. The Morgan fingerprint density at radius 2 is 2.43 bits per heavy atom. The minimum absolute atomic E-state index is 0.118. The molecule has 0 unspecified atom stereocenters. The van der Waals surface area contributed by atoms with Crippen molar-refractivity contribution in [3.05, 3.63) is 40.0 Å². The first-order chi connectivity index (χ1) is 6.74. The van der Waals surface area contributed by atoms with Crippen molar-refractivity contribution in [2.24, 2.45) is 5.11 Å². The first kappa shape index (κ1) is 10.1. The number of azide groups is 1. The zero-order chi connectivity index (χ0) is 10.4. The van der Waals surface area contributed by atoms with Crippen LogP contribution in [0.5, 0.6) is 5.75 Å². The van der Waals surface area contributed by atoms with Crippen molar-refractivity contribution in [3.8, 4) is 5.75 Å². The summed E-state index contributed by atoms with van der Waals surface area (Å²) in [6.45, 7) is 2.09. The Morgan fingerprint density at radius 1 is 1.64 bits per heavy atom. The van der Waals surface area contributed by atoms with Gasteiger partial charge in [0.25, 0.3) is 0 Å². The summed E-state index contributed by atoms with van der Waals surface area (Å²) in [5, 5.41) is 12.7. The van der Waals surface area contributed by atoms with Crippen LogP contribution in [0.2, 0.25) is 0 Å². The van der Waals surface area contributed by atoms with Crippen molar-refractivity contribution >= 4 is 6.08 Å². The van der Waals surface area contributed by atoms with Crippen LogP contribution in [0.4, 0.5) is 0 Å². The largest absolute Gasteiger partial charge is 0.506 e. The van der Waals surface area contributed by atoms with Crippen LogP contribution in [0.25, 0.3) is 16.5 Å². The molecule has 1 aromatic heterocycles. The Morgan fingerprint density at radius 3 is 3.14 bits per heavy atom. The van der Waals surface area contributed by atoms with Crippen LogP contribution in [-0.4, -0.2) is 16.6 Å². The molecule has 1 N–H and O–H groups in total. The summed E-state index contributed by atoms with van der Waals surface area (Å²) < 4.78 is 0. The molecular formula is C9H10N4O. The fourth-order valence-electron chi connectivity index (χ4n) is 0.940. The molecule has 72 valence electrons. The summed E-state index contributed by atoms with van der Waals surface area (Å²) in [4.78, 5) is 6.70. The van der Waals surface area contributed by atoms with Gasteiger partial charge in [-0.1, -0.05) is 11.2 Å². The van der Waals surface area contributed by atoms with Crippen LogP contribution >= 0.6 is 0 Å². The average molecular weight is 190 g/mol. The molecule has 0 spiro atoms. The Hall–Kier alpha value is -2.00. The third kappa shape index (κ3) is 2.80. The van der Waals surface area contributed by atoms with E-state index < -0.39 is 0 Å². The second-order valence-corrected chi connectivity index (χ2v) is 2.67. The van der Waals surface area contributed by atoms with E-state index in [2.05, 4.69) is 15.0 Å². The van der Waals surface area contributed by atoms with Crippen LogP contribution in [0.1, 0.15) is 11.4 Å². The van der Waals surface area contributed by atoms with Gasteiger partial charge in [-0.3, -0.25) is 0 Å². The predicted octanol–water partition coefficient (Wildman–Crippen LogP) is 2.42. The number of aromatic hydroxyl groups is 1. The van der Waals surface area contributed by atoms with Gasteiger partial charge in [-0.05, 0) is 30.7 Å². The van der Waals surface area contributed by atoms with Crippen molar-refractivity contribution in [2.75, 3.05) is 6.54 Å². The van der Waals surface area contributed by atoms with Gasteiger partial charge in [0.2, 0.25) is 0 Å². The van der Waals surface area contributed by atoms with Crippen LogP contribution in [0.15, 0.2) is 23.3 Å². The SMILES string of the molecule is Cc1ccc(O)c(C=CCN=[N+]=[N-])n1. The van der Waals surface area contributed by atoms with Gasteiger partial charge in [0.1, 0.15) is 11.4 Å². The summed E-state index contributed by atoms with van der Waals surface area (Å²) in [5.74, 6) is 0.118. The molecule has 0 aliphatic rings. The number of nitrogens with zero attached hydrogens (tertiary/aromatic N) is 4. The van der Waals surface area contributed by atoms with E-state index >= 15 is 0 Å². The molecule has 14 heavy (non-hydrogen) atoms. The fraction of sp³-hybridized carbons (Fsp3) is 0.222. The highest BCUT2D eigenvalue weighted by Gasteiger charge is 1.97. The average Bonchev–Trinajstić information content (AvgIpc) is 2.18. The molecule has 0 aromatic carbocycles. The molecule has 5 nitrogen and oxygen atoms in total. The molecule has 1 rings (SSSR count). The van der Waals surface area contributed by atoms with Gasteiger partial charge < -0.3 is 5.11 Å². The smallest absolute Gasteiger partial charge is 0.141 e. The second kappa shape index (κ2) is 4.89. The summed E-state index contributed by atoms with van der Waals surface area (Å²) in [6, 6.07) is 3.30. The fourth-order valence-corrected chi connectivity index (χ4v) is 0.940. The monoisotopic (exact) mass is 190 g/mol. The molecule has 0 aliphatic carbocycles. The minimum atomic E-state index is 0.118. The van der Waals surface area contributed by atoms with Crippen LogP contribution in [0, 0.1) is 6.92 Å². The van der Waals surface area contributed by atoms with Gasteiger partial charge in [-0.15, -0.1) is 0 Å². The molecule has 0 saturated heterocycles. The van der Waals surface area contributed by atoms with E-state index in [0.717, 1.165) is 5.69 Å². The summed E-state index contributed by atoms with van der Waals surface area (Å²) in [5.41, 5.74) is 9.33. The van der Waals surface area contributed by atoms with E-state index in [1.165, 1.54) is 0 Å². The molecule has 1 aromatic rings. The molecule has 0 saturated carbocycles. The van der Waals surface area contributed by atoms with E-state index in [0.29, 0.717) is 5.69 Å². The van der Waals surface area contributed by atoms with Crippen molar-refractivity contribution in [2.45, 2.75) is 6.92 Å². The lowest BCUT2D eigenvalue weighted by Gasteiger charge is -1.98. The number of aryl methyl sites for hydroxylation is 1. The molecular weight excluding hydrogens is 180 g/mol. The maximum Gasteiger partial charge on any atom is 0.141 e. The van der Waals surface area contributed by atoms with E-state index in [1.54, 1.807) is 24.3 Å². The normalized spacial score (nSPS) is 10.1. The summed E-state index contributed by atoms with van der Waals surface area (Å²) in [6.07, 6.45) is 3.26. The Bertz CT molecular complexity index is 394. The third-order valence-electron chi connectivity index (χ3n) is 1.57. The van der Waals surface area contributed by atoms with E-state index in [9.17, 15) is 5.11 Å². The lowest BCUT2D eigenvalue weighted by atomic mass is 10.2. The number of aromatic nitrogens is 1. The van der Waals surface area contributed by atoms with Gasteiger partial charge in [-0.25, -0.2) is 4.98 Å². The van der Waals surface area contributed by atoms with Gasteiger partial charge >= 0.3 is 0 Å². The summed E-state index contributed by atoms with van der Waals surface area (Å²) in [7, 11) is 0. The van der Waals surface area contributed by atoms with Crippen molar-refractivity contribution in [3.63, 3.8) is 0 Å². The maximum absolute atomic E-state index is 9.37. The Balaban J connectivity index is 2.79.